The van der Waals surface area contributed by atoms with Crippen molar-refractivity contribution >= 4 is 10.9 Å². The van der Waals surface area contributed by atoms with Crippen LogP contribution in [0.25, 0.3) is 10.9 Å². The molecule has 0 amide bonds. The topological polar surface area (TPSA) is 28.4 Å². The molecule has 1 aromatic carbocycles. The minimum absolute atomic E-state index is 0.563. The minimum atomic E-state index is 0.563. The fourth-order valence-electron chi connectivity index (χ4n) is 2.03. The van der Waals surface area contributed by atoms with E-state index in [-0.39, 0.29) is 0 Å². The lowest BCUT2D eigenvalue weighted by Gasteiger charge is -2.08. The predicted octanol–water partition coefficient (Wildman–Crippen LogP) is 2.31. The number of para-hydroxylation sites is 1. The van der Waals surface area contributed by atoms with Crippen molar-refractivity contribution in [2.75, 3.05) is 7.05 Å². The first-order valence-electron chi connectivity index (χ1n) is 5.04. The molecule has 1 N–H and O–H groups in total. The Morgan fingerprint density at radius 2 is 2.00 bits per heavy atom. The molecule has 1 heterocycles. The van der Waals surface area contributed by atoms with Gasteiger partial charge in [-0.3, -0.25) is 0 Å². The van der Waals surface area contributed by atoms with E-state index in [0.717, 1.165) is 0 Å². The van der Waals surface area contributed by atoms with Gasteiger partial charge < -0.3 is 9.77 Å². The summed E-state index contributed by atoms with van der Waals surface area (Å²) < 4.78 is 2.16. The van der Waals surface area contributed by atoms with Gasteiger partial charge in [0.15, 0.2) is 0 Å². The van der Waals surface area contributed by atoms with Gasteiger partial charge in [-0.1, -0.05) is 18.2 Å². The van der Waals surface area contributed by atoms with Gasteiger partial charge in [0, 0.05) is 30.7 Å². The van der Waals surface area contributed by atoms with Crippen molar-refractivity contribution in [1.29, 1.82) is 0 Å². The molecule has 2 aromatic rings. The molecule has 15 heavy (non-hydrogen) atoms. The lowest BCUT2D eigenvalue weighted by molar-refractivity contribution is -0.0730. The molecular weight excluding hydrogens is 188 g/mol. The summed E-state index contributed by atoms with van der Waals surface area (Å²) in [5.41, 5.74) is 3.61. The van der Waals surface area contributed by atoms with Gasteiger partial charge in [-0.25, -0.2) is 0 Å². The normalized spacial score (nSPS) is 11.5. The second kappa shape index (κ2) is 3.68. The summed E-state index contributed by atoms with van der Waals surface area (Å²) in [5, 5.41) is 11.8. The van der Waals surface area contributed by atoms with Crippen molar-refractivity contribution in [1.82, 2.24) is 9.63 Å². The largest absolute Gasteiger partial charge is 0.348 e. The maximum absolute atomic E-state index is 9.32. The van der Waals surface area contributed by atoms with Crippen LogP contribution >= 0.6 is 0 Å². The van der Waals surface area contributed by atoms with Crippen LogP contribution in [0.5, 0.6) is 0 Å². The van der Waals surface area contributed by atoms with E-state index in [1.807, 2.05) is 12.1 Å². The molecule has 0 bridgehead atoms. The Morgan fingerprint density at radius 1 is 1.33 bits per heavy atom. The van der Waals surface area contributed by atoms with Gasteiger partial charge in [0.1, 0.15) is 0 Å². The third-order valence-corrected chi connectivity index (χ3v) is 2.92. The van der Waals surface area contributed by atoms with Gasteiger partial charge in [-0.2, -0.15) is 5.06 Å². The standard InChI is InChI=1S/C12H16N2O/c1-9-11(8-13(2)15)10-6-4-5-7-12(10)14(9)3/h4-7,15H,8H2,1-3H3. The number of hydrogen-bond donors (Lipinski definition) is 1. The summed E-state index contributed by atoms with van der Waals surface area (Å²) >= 11 is 0. The first-order chi connectivity index (χ1) is 7.11. The van der Waals surface area contributed by atoms with Crippen LogP contribution in [0, 0.1) is 6.92 Å². The van der Waals surface area contributed by atoms with Crippen LogP contribution in [0.2, 0.25) is 0 Å². The number of hydroxylamine groups is 2. The molecule has 0 unspecified atom stereocenters. The second-order valence-corrected chi connectivity index (χ2v) is 3.96. The zero-order valence-corrected chi connectivity index (χ0v) is 9.36. The fraction of sp³-hybridized carbons (Fsp3) is 0.333. The second-order valence-electron chi connectivity index (χ2n) is 3.96. The highest BCUT2D eigenvalue weighted by molar-refractivity contribution is 5.85. The van der Waals surface area contributed by atoms with Crippen molar-refractivity contribution in [2.45, 2.75) is 13.5 Å². The van der Waals surface area contributed by atoms with E-state index in [2.05, 4.69) is 30.7 Å². The molecule has 0 fully saturated rings. The van der Waals surface area contributed by atoms with Crippen LogP contribution < -0.4 is 0 Å². The lowest BCUT2D eigenvalue weighted by atomic mass is 10.1. The Bertz CT molecular complexity index is 486. The van der Waals surface area contributed by atoms with Crippen molar-refractivity contribution in [3.8, 4) is 0 Å². The molecule has 0 aliphatic carbocycles. The maximum Gasteiger partial charge on any atom is 0.0509 e. The van der Waals surface area contributed by atoms with E-state index in [4.69, 9.17) is 0 Å². The fourth-order valence-corrected chi connectivity index (χ4v) is 2.03. The molecule has 80 valence electrons. The van der Waals surface area contributed by atoms with Gasteiger partial charge in [0.05, 0.1) is 6.54 Å². The van der Waals surface area contributed by atoms with E-state index in [1.54, 1.807) is 7.05 Å². The molecule has 0 saturated heterocycles. The monoisotopic (exact) mass is 204 g/mol. The van der Waals surface area contributed by atoms with Gasteiger partial charge in [0.25, 0.3) is 0 Å². The Labute approximate surface area is 89.5 Å². The molecule has 2 rings (SSSR count). The minimum Gasteiger partial charge on any atom is -0.348 e. The van der Waals surface area contributed by atoms with E-state index >= 15 is 0 Å². The number of aromatic nitrogens is 1. The van der Waals surface area contributed by atoms with Crippen LogP contribution in [-0.4, -0.2) is 21.9 Å². The first-order valence-corrected chi connectivity index (χ1v) is 5.04. The molecule has 0 radical (unpaired) electrons. The van der Waals surface area contributed by atoms with E-state index < -0.39 is 0 Å². The quantitative estimate of drug-likeness (QED) is 0.760. The summed E-state index contributed by atoms with van der Waals surface area (Å²) in [7, 11) is 3.72. The Hall–Kier alpha value is -1.32. The lowest BCUT2D eigenvalue weighted by Crippen LogP contribution is -2.12. The van der Waals surface area contributed by atoms with Crippen LogP contribution in [0.1, 0.15) is 11.3 Å². The van der Waals surface area contributed by atoms with Crippen molar-refractivity contribution in [2.24, 2.45) is 7.05 Å². The number of nitrogens with zero attached hydrogens (tertiary/aromatic N) is 2. The van der Waals surface area contributed by atoms with Gasteiger partial charge in [0.2, 0.25) is 0 Å². The van der Waals surface area contributed by atoms with Crippen molar-refractivity contribution in [3.63, 3.8) is 0 Å². The highest BCUT2D eigenvalue weighted by Gasteiger charge is 2.11. The average molecular weight is 204 g/mol. The van der Waals surface area contributed by atoms with E-state index in [1.165, 1.54) is 27.2 Å². The average Bonchev–Trinajstić information content (AvgIpc) is 2.44. The summed E-state index contributed by atoms with van der Waals surface area (Å²) in [5.74, 6) is 0. The molecule has 3 heteroatoms. The number of benzene rings is 1. The van der Waals surface area contributed by atoms with Gasteiger partial charge in [-0.05, 0) is 18.6 Å². The summed E-state index contributed by atoms with van der Waals surface area (Å²) in [6, 6.07) is 8.27. The molecule has 1 aromatic heterocycles. The third-order valence-electron chi connectivity index (χ3n) is 2.92. The predicted molar refractivity (Wildman–Crippen MR) is 60.9 cm³/mol. The van der Waals surface area contributed by atoms with Crippen LogP contribution in [-0.2, 0) is 13.6 Å². The maximum atomic E-state index is 9.32. The van der Waals surface area contributed by atoms with Crippen molar-refractivity contribution in [3.05, 3.63) is 35.5 Å². The molecule has 3 nitrogen and oxygen atoms in total. The van der Waals surface area contributed by atoms with E-state index in [9.17, 15) is 5.21 Å². The highest BCUT2D eigenvalue weighted by atomic mass is 16.5. The number of hydrogen-bond acceptors (Lipinski definition) is 2. The smallest absolute Gasteiger partial charge is 0.0509 e. The summed E-state index contributed by atoms with van der Waals surface area (Å²) in [4.78, 5) is 0. The van der Waals surface area contributed by atoms with E-state index in [0.29, 0.717) is 6.54 Å². The van der Waals surface area contributed by atoms with Crippen LogP contribution in [0.15, 0.2) is 24.3 Å². The Morgan fingerprint density at radius 3 is 2.67 bits per heavy atom. The SMILES string of the molecule is Cc1c(CN(C)O)c2ccccc2n1C. The highest BCUT2D eigenvalue weighted by Crippen LogP contribution is 2.25. The zero-order valence-electron chi connectivity index (χ0n) is 9.36. The third kappa shape index (κ3) is 1.64. The molecule has 0 spiro atoms. The zero-order chi connectivity index (χ0) is 11.0. The number of aryl methyl sites for hydroxylation is 1. The van der Waals surface area contributed by atoms with Gasteiger partial charge >= 0.3 is 0 Å². The first kappa shape index (κ1) is 10.2. The molecular formula is C12H16N2O. The molecule has 0 saturated carbocycles. The summed E-state index contributed by atoms with van der Waals surface area (Å²) in [6.45, 7) is 2.64. The molecule has 0 atom stereocenters. The van der Waals surface area contributed by atoms with Crippen LogP contribution in [0.3, 0.4) is 0 Å². The van der Waals surface area contributed by atoms with Crippen molar-refractivity contribution < 1.29 is 5.21 Å². The summed E-state index contributed by atoms with van der Waals surface area (Å²) in [6.07, 6.45) is 0. The van der Waals surface area contributed by atoms with Crippen LogP contribution in [0.4, 0.5) is 0 Å². The Kier molecular flexibility index (Phi) is 2.50. The Balaban J connectivity index is 2.66. The molecule has 0 aliphatic rings. The van der Waals surface area contributed by atoms with Gasteiger partial charge in [-0.15, -0.1) is 0 Å². The number of rotatable bonds is 2. The number of fused-ring (bicyclic) bond motifs is 1. The molecule has 0 aliphatic heterocycles.